The van der Waals surface area contributed by atoms with Crippen LogP contribution < -0.4 is 10.6 Å². The number of rotatable bonds is 8. The van der Waals surface area contributed by atoms with Gasteiger partial charge in [0.25, 0.3) is 5.91 Å². The molecule has 0 aromatic heterocycles. The summed E-state index contributed by atoms with van der Waals surface area (Å²) < 4.78 is 0. The number of halogens is 1. The van der Waals surface area contributed by atoms with Crippen LogP contribution in [0.5, 0.6) is 0 Å². The molecule has 0 bridgehead atoms. The van der Waals surface area contributed by atoms with E-state index in [0.29, 0.717) is 23.6 Å². The summed E-state index contributed by atoms with van der Waals surface area (Å²) in [5.74, 6) is 0.0537. The zero-order valence-electron chi connectivity index (χ0n) is 15.2. The summed E-state index contributed by atoms with van der Waals surface area (Å²) in [4.78, 5) is 25.9. The topological polar surface area (TPSA) is 61.4 Å². The van der Waals surface area contributed by atoms with Crippen molar-refractivity contribution in [2.24, 2.45) is 0 Å². The smallest absolute Gasteiger partial charge is 0.257 e. The molecule has 1 saturated heterocycles. The van der Waals surface area contributed by atoms with Gasteiger partial charge in [-0.05, 0) is 49.2 Å². The highest BCUT2D eigenvalue weighted by Crippen LogP contribution is 2.18. The first-order valence-corrected chi connectivity index (χ1v) is 9.64. The number of hydrogen-bond donors (Lipinski definition) is 2. The number of amides is 2. The van der Waals surface area contributed by atoms with Gasteiger partial charge in [0.05, 0.1) is 10.6 Å². The Morgan fingerprint density at radius 3 is 2.78 bits per heavy atom. The van der Waals surface area contributed by atoms with Crippen LogP contribution in [0.1, 0.15) is 35.2 Å². The first-order valence-electron chi connectivity index (χ1n) is 9.27. The first-order chi connectivity index (χ1) is 13.1. The summed E-state index contributed by atoms with van der Waals surface area (Å²) in [7, 11) is 0. The number of benzene rings is 2. The summed E-state index contributed by atoms with van der Waals surface area (Å²) in [6, 6.07) is 14.7. The number of anilines is 1. The molecule has 3 rings (SSSR count). The normalized spacial score (nSPS) is 13.8. The number of nitrogens with zero attached hydrogens (tertiary/aromatic N) is 1. The molecule has 2 amide bonds. The standard InChI is InChI=1S/C21H24ClN3O2/c22-19-9-2-1-8-18(19)21(27)24-17-7-3-6-16(14-17)15-23-11-5-13-25-12-4-10-20(25)26/h1-3,6-9,14,23H,4-5,10-13,15H2,(H,24,27). The van der Waals surface area contributed by atoms with Gasteiger partial charge in [-0.2, -0.15) is 0 Å². The Bertz CT molecular complexity index is 810. The summed E-state index contributed by atoms with van der Waals surface area (Å²) in [6.07, 6.45) is 2.62. The highest BCUT2D eigenvalue weighted by molar-refractivity contribution is 6.34. The Morgan fingerprint density at radius 2 is 2.00 bits per heavy atom. The molecule has 0 aliphatic carbocycles. The van der Waals surface area contributed by atoms with Crippen molar-refractivity contribution in [3.05, 3.63) is 64.7 Å². The molecule has 0 radical (unpaired) electrons. The number of hydrogen-bond acceptors (Lipinski definition) is 3. The minimum absolute atomic E-state index is 0.221. The van der Waals surface area contributed by atoms with Crippen LogP contribution in [0.3, 0.4) is 0 Å². The zero-order chi connectivity index (χ0) is 19.1. The van der Waals surface area contributed by atoms with E-state index in [9.17, 15) is 9.59 Å². The monoisotopic (exact) mass is 385 g/mol. The number of carbonyl (C=O) groups excluding carboxylic acids is 2. The Morgan fingerprint density at radius 1 is 1.15 bits per heavy atom. The predicted molar refractivity (Wildman–Crippen MR) is 108 cm³/mol. The van der Waals surface area contributed by atoms with Crippen molar-refractivity contribution in [1.82, 2.24) is 10.2 Å². The van der Waals surface area contributed by atoms with Crippen LogP contribution in [0.2, 0.25) is 5.02 Å². The van der Waals surface area contributed by atoms with E-state index < -0.39 is 0 Å². The molecule has 0 unspecified atom stereocenters. The van der Waals surface area contributed by atoms with Crippen molar-refractivity contribution in [1.29, 1.82) is 0 Å². The van der Waals surface area contributed by atoms with Gasteiger partial charge in [-0.25, -0.2) is 0 Å². The Kier molecular flexibility index (Phi) is 6.85. The molecule has 2 aromatic rings. The summed E-state index contributed by atoms with van der Waals surface area (Å²) >= 11 is 6.08. The van der Waals surface area contributed by atoms with Gasteiger partial charge in [0.1, 0.15) is 0 Å². The summed E-state index contributed by atoms with van der Waals surface area (Å²) in [6.45, 7) is 3.27. The lowest BCUT2D eigenvalue weighted by atomic mass is 10.1. The second-order valence-electron chi connectivity index (χ2n) is 6.65. The van der Waals surface area contributed by atoms with Gasteiger partial charge in [0.15, 0.2) is 0 Å². The lowest BCUT2D eigenvalue weighted by Gasteiger charge is -2.15. The molecular formula is C21H24ClN3O2. The van der Waals surface area contributed by atoms with Crippen LogP contribution in [-0.4, -0.2) is 36.3 Å². The molecule has 1 fully saturated rings. The van der Waals surface area contributed by atoms with E-state index in [-0.39, 0.29) is 11.8 Å². The minimum Gasteiger partial charge on any atom is -0.343 e. The van der Waals surface area contributed by atoms with Gasteiger partial charge in [-0.15, -0.1) is 0 Å². The number of nitrogens with one attached hydrogen (secondary N) is 2. The maximum absolute atomic E-state index is 12.4. The minimum atomic E-state index is -0.221. The number of likely N-dealkylation sites (tertiary alicyclic amines) is 1. The van der Waals surface area contributed by atoms with Crippen LogP contribution in [0.25, 0.3) is 0 Å². The molecular weight excluding hydrogens is 362 g/mol. The molecule has 1 heterocycles. The third kappa shape index (κ3) is 5.55. The van der Waals surface area contributed by atoms with Gasteiger partial charge in [-0.1, -0.05) is 35.9 Å². The van der Waals surface area contributed by atoms with Gasteiger partial charge >= 0.3 is 0 Å². The van der Waals surface area contributed by atoms with Crippen LogP contribution in [0.15, 0.2) is 48.5 Å². The predicted octanol–water partition coefficient (Wildman–Crippen LogP) is 3.69. The lowest BCUT2D eigenvalue weighted by Crippen LogP contribution is -2.28. The molecule has 0 spiro atoms. The van der Waals surface area contributed by atoms with Crippen molar-refractivity contribution in [2.75, 3.05) is 25.0 Å². The fourth-order valence-corrected chi connectivity index (χ4v) is 3.39. The second kappa shape index (κ2) is 9.53. The van der Waals surface area contributed by atoms with Gasteiger partial charge < -0.3 is 15.5 Å². The second-order valence-corrected chi connectivity index (χ2v) is 7.06. The van der Waals surface area contributed by atoms with Crippen LogP contribution >= 0.6 is 11.6 Å². The van der Waals surface area contributed by atoms with Crippen molar-refractivity contribution in [3.8, 4) is 0 Å². The van der Waals surface area contributed by atoms with E-state index >= 15 is 0 Å². The fraction of sp³-hybridized carbons (Fsp3) is 0.333. The van der Waals surface area contributed by atoms with E-state index in [0.717, 1.165) is 43.7 Å². The van der Waals surface area contributed by atoms with Crippen molar-refractivity contribution < 1.29 is 9.59 Å². The largest absolute Gasteiger partial charge is 0.343 e. The highest BCUT2D eigenvalue weighted by Gasteiger charge is 2.18. The van der Waals surface area contributed by atoms with Crippen molar-refractivity contribution >= 4 is 29.1 Å². The van der Waals surface area contributed by atoms with E-state index in [1.54, 1.807) is 24.3 Å². The molecule has 6 heteroatoms. The quantitative estimate of drug-likeness (QED) is 0.681. The third-order valence-corrected chi connectivity index (χ3v) is 4.92. The average molecular weight is 386 g/mol. The third-order valence-electron chi connectivity index (χ3n) is 4.59. The molecule has 27 heavy (non-hydrogen) atoms. The molecule has 142 valence electrons. The fourth-order valence-electron chi connectivity index (χ4n) is 3.17. The van der Waals surface area contributed by atoms with Gasteiger partial charge in [0, 0.05) is 31.7 Å². The van der Waals surface area contributed by atoms with Crippen LogP contribution in [-0.2, 0) is 11.3 Å². The first kappa shape index (κ1) is 19.4. The lowest BCUT2D eigenvalue weighted by molar-refractivity contribution is -0.127. The van der Waals surface area contributed by atoms with Crippen LogP contribution in [0, 0.1) is 0 Å². The number of carbonyl (C=O) groups is 2. The Balaban J connectivity index is 1.45. The molecule has 2 N–H and O–H groups in total. The van der Waals surface area contributed by atoms with Crippen LogP contribution in [0.4, 0.5) is 5.69 Å². The zero-order valence-corrected chi connectivity index (χ0v) is 16.0. The maximum atomic E-state index is 12.4. The molecule has 1 aliphatic rings. The summed E-state index contributed by atoms with van der Waals surface area (Å²) in [5, 5.41) is 6.71. The average Bonchev–Trinajstić information content (AvgIpc) is 3.07. The molecule has 0 saturated carbocycles. The molecule has 1 aliphatic heterocycles. The Labute approximate surface area is 164 Å². The molecule has 2 aromatic carbocycles. The maximum Gasteiger partial charge on any atom is 0.257 e. The highest BCUT2D eigenvalue weighted by atomic mass is 35.5. The molecule has 0 atom stereocenters. The molecule has 5 nitrogen and oxygen atoms in total. The van der Waals surface area contributed by atoms with Gasteiger partial charge in [0.2, 0.25) is 5.91 Å². The summed E-state index contributed by atoms with van der Waals surface area (Å²) in [5.41, 5.74) is 2.28. The van der Waals surface area contributed by atoms with E-state index in [2.05, 4.69) is 10.6 Å². The van der Waals surface area contributed by atoms with E-state index in [1.165, 1.54) is 0 Å². The van der Waals surface area contributed by atoms with E-state index in [4.69, 9.17) is 11.6 Å². The van der Waals surface area contributed by atoms with Crippen molar-refractivity contribution in [2.45, 2.75) is 25.8 Å². The Hall–Kier alpha value is -2.37. The van der Waals surface area contributed by atoms with E-state index in [1.807, 2.05) is 29.2 Å². The van der Waals surface area contributed by atoms with Gasteiger partial charge in [-0.3, -0.25) is 9.59 Å². The van der Waals surface area contributed by atoms with Crippen molar-refractivity contribution in [3.63, 3.8) is 0 Å². The SMILES string of the molecule is O=C(Nc1cccc(CNCCCN2CCCC2=O)c1)c1ccccc1Cl.